The van der Waals surface area contributed by atoms with Gasteiger partial charge in [-0.25, -0.2) is 0 Å². The van der Waals surface area contributed by atoms with Crippen LogP contribution in [0.2, 0.25) is 0 Å². The van der Waals surface area contributed by atoms with E-state index in [-0.39, 0.29) is 19.8 Å². The van der Waals surface area contributed by atoms with Crippen molar-refractivity contribution in [2.75, 3.05) is 44.5 Å². The molecule has 0 aliphatic carbocycles. The molecule has 0 spiro atoms. The molecule has 0 saturated heterocycles. The van der Waals surface area contributed by atoms with Crippen molar-refractivity contribution in [1.82, 2.24) is 0 Å². The van der Waals surface area contributed by atoms with Gasteiger partial charge in [0.2, 0.25) is 0 Å². The van der Waals surface area contributed by atoms with Crippen LogP contribution >= 0.6 is 17.2 Å². The second-order valence-electron chi connectivity index (χ2n) is 10.6. The summed E-state index contributed by atoms with van der Waals surface area (Å²) < 4.78 is 0. The maximum atomic E-state index is 9.29. The topological polar surface area (TPSA) is 60.7 Å². The normalized spacial score (nSPS) is 13.3. The Morgan fingerprint density at radius 2 is 0.636 bits per heavy atom. The van der Waals surface area contributed by atoms with Gasteiger partial charge in [0, 0.05) is 0 Å². The first-order valence-corrected chi connectivity index (χ1v) is 18.5. The molecule has 0 aliphatic heterocycles. The number of hydrogen-bond acceptors (Lipinski definition) is 3. The fraction of sp³-hybridized carbons (Fsp3) is 1.00. The van der Waals surface area contributed by atoms with E-state index in [0.29, 0.717) is 0 Å². The zero-order valence-corrected chi connectivity index (χ0v) is 23.9. The standard InChI is InChI=1S/C28H60ClO3P/c1-2-3-4-5-6-7-8-9-10-11-12-13-14-18-25-33(29,26-19-15-22-30,27-20-16-23-31)28-21-17-24-32/h30-32H,2-28H2,1H3. The molecule has 0 atom stereocenters. The average Bonchev–Trinajstić information content (AvgIpc) is 2.80. The summed E-state index contributed by atoms with van der Waals surface area (Å²) in [5, 5.41) is 27.9. The van der Waals surface area contributed by atoms with Crippen molar-refractivity contribution < 1.29 is 15.3 Å². The van der Waals surface area contributed by atoms with E-state index in [1.807, 2.05) is 0 Å². The molecule has 0 amide bonds. The summed E-state index contributed by atoms with van der Waals surface area (Å²) in [5.41, 5.74) is 0. The zero-order valence-electron chi connectivity index (χ0n) is 22.3. The molecule has 0 radical (unpaired) electrons. The van der Waals surface area contributed by atoms with Gasteiger partial charge in [-0.1, -0.05) is 26.2 Å². The molecule has 0 saturated carbocycles. The monoisotopic (exact) mass is 510 g/mol. The van der Waals surface area contributed by atoms with Gasteiger partial charge in [-0.3, -0.25) is 0 Å². The summed E-state index contributed by atoms with van der Waals surface area (Å²) in [7, 11) is 0. The second-order valence-corrected chi connectivity index (χ2v) is 18.9. The van der Waals surface area contributed by atoms with Gasteiger partial charge in [-0.05, 0) is 0 Å². The molecule has 202 valence electrons. The van der Waals surface area contributed by atoms with Gasteiger partial charge >= 0.3 is 186 Å². The Kier molecular flexibility index (Phi) is 23.4. The van der Waals surface area contributed by atoms with E-state index in [9.17, 15) is 15.3 Å². The van der Waals surface area contributed by atoms with Crippen LogP contribution in [0.4, 0.5) is 0 Å². The van der Waals surface area contributed by atoms with Crippen LogP contribution in [0.25, 0.3) is 0 Å². The third-order valence-corrected chi connectivity index (χ3v) is 15.2. The van der Waals surface area contributed by atoms with Crippen LogP contribution in [0.5, 0.6) is 0 Å². The number of hydrogen-bond donors (Lipinski definition) is 3. The Hall–Kier alpha value is 0.600. The van der Waals surface area contributed by atoms with E-state index in [1.165, 1.54) is 89.9 Å². The van der Waals surface area contributed by atoms with Crippen LogP contribution in [-0.2, 0) is 0 Å². The Morgan fingerprint density at radius 3 is 0.909 bits per heavy atom. The van der Waals surface area contributed by atoms with Crippen LogP contribution in [0.3, 0.4) is 0 Å². The van der Waals surface area contributed by atoms with Gasteiger partial charge in [0.05, 0.1) is 0 Å². The summed E-state index contributed by atoms with van der Waals surface area (Å²) in [6, 6.07) is 0. The van der Waals surface area contributed by atoms with Gasteiger partial charge < -0.3 is 0 Å². The summed E-state index contributed by atoms with van der Waals surface area (Å²) in [6.07, 6.45) is 29.1. The first-order valence-electron chi connectivity index (χ1n) is 14.6. The third kappa shape index (κ3) is 19.5. The van der Waals surface area contributed by atoms with Gasteiger partial charge in [-0.2, -0.15) is 0 Å². The molecule has 0 aromatic carbocycles. The SMILES string of the molecule is CCCCCCCCCCCCCCCCP(Cl)(CCCCO)(CCCCO)CCCCO. The number of aliphatic hydroxyl groups excluding tert-OH is 3. The van der Waals surface area contributed by atoms with Crippen molar-refractivity contribution in [2.24, 2.45) is 0 Å². The van der Waals surface area contributed by atoms with Crippen LogP contribution in [-0.4, -0.2) is 59.8 Å². The van der Waals surface area contributed by atoms with E-state index in [4.69, 9.17) is 11.2 Å². The molecular weight excluding hydrogens is 451 g/mol. The third-order valence-electron chi connectivity index (χ3n) is 7.45. The van der Waals surface area contributed by atoms with Crippen molar-refractivity contribution in [3.8, 4) is 0 Å². The summed E-state index contributed by atoms with van der Waals surface area (Å²) in [6.45, 7) is 3.02. The van der Waals surface area contributed by atoms with Gasteiger partial charge in [0.1, 0.15) is 0 Å². The van der Waals surface area contributed by atoms with Gasteiger partial charge in [0.15, 0.2) is 0 Å². The predicted molar refractivity (Wildman–Crippen MR) is 152 cm³/mol. The molecular formula is C28H60ClO3P. The first-order chi connectivity index (χ1) is 16.0. The predicted octanol–water partition coefficient (Wildman–Crippen LogP) is 8.49. The molecule has 0 heterocycles. The molecule has 5 heteroatoms. The number of rotatable bonds is 27. The molecule has 0 fully saturated rings. The quantitative estimate of drug-likeness (QED) is 0.0766. The van der Waals surface area contributed by atoms with Crippen LogP contribution < -0.4 is 0 Å². The van der Waals surface area contributed by atoms with Crippen molar-refractivity contribution in [3.05, 3.63) is 0 Å². The van der Waals surface area contributed by atoms with Crippen LogP contribution in [0.15, 0.2) is 0 Å². The summed E-state index contributed by atoms with van der Waals surface area (Å²) in [4.78, 5) is 0. The Morgan fingerprint density at radius 1 is 0.394 bits per heavy atom. The molecule has 0 bridgehead atoms. The summed E-state index contributed by atoms with van der Waals surface area (Å²) in [5.74, 6) is -2.36. The van der Waals surface area contributed by atoms with E-state index in [2.05, 4.69) is 6.92 Å². The zero-order chi connectivity index (χ0) is 24.5. The molecule has 0 aliphatic rings. The fourth-order valence-corrected chi connectivity index (χ4v) is 12.1. The molecule has 0 aromatic heterocycles. The molecule has 0 unspecified atom stereocenters. The molecule has 0 rings (SSSR count). The number of halogens is 1. The summed E-state index contributed by atoms with van der Waals surface area (Å²) >= 11 is 7.64. The molecule has 3 N–H and O–H groups in total. The molecule has 33 heavy (non-hydrogen) atoms. The van der Waals surface area contributed by atoms with E-state index in [1.54, 1.807) is 0 Å². The Labute approximate surface area is 212 Å². The van der Waals surface area contributed by atoms with E-state index in [0.717, 1.165) is 63.2 Å². The maximum absolute atomic E-state index is 9.29. The van der Waals surface area contributed by atoms with Crippen LogP contribution in [0.1, 0.15) is 135 Å². The van der Waals surface area contributed by atoms with Crippen molar-refractivity contribution in [3.63, 3.8) is 0 Å². The second kappa shape index (κ2) is 23.0. The van der Waals surface area contributed by atoms with E-state index < -0.39 is 5.96 Å². The minimum atomic E-state index is -2.36. The molecule has 3 nitrogen and oxygen atoms in total. The number of aliphatic hydroxyl groups is 3. The fourth-order valence-electron chi connectivity index (χ4n) is 5.23. The Bertz CT molecular complexity index is 379. The Balaban J connectivity index is 4.23. The average molecular weight is 511 g/mol. The van der Waals surface area contributed by atoms with Gasteiger partial charge in [0.25, 0.3) is 0 Å². The minimum absolute atomic E-state index is 0.246. The van der Waals surface area contributed by atoms with Crippen LogP contribution in [0, 0.1) is 0 Å². The van der Waals surface area contributed by atoms with Crippen molar-refractivity contribution in [2.45, 2.75) is 135 Å². The van der Waals surface area contributed by atoms with Crippen molar-refractivity contribution >= 4 is 17.2 Å². The van der Waals surface area contributed by atoms with Crippen molar-refractivity contribution in [1.29, 1.82) is 0 Å². The van der Waals surface area contributed by atoms with E-state index >= 15 is 0 Å². The number of unbranched alkanes of at least 4 members (excludes halogenated alkanes) is 16. The first kappa shape index (κ1) is 33.6. The van der Waals surface area contributed by atoms with Gasteiger partial charge in [-0.15, -0.1) is 0 Å². The molecule has 0 aromatic rings.